The first-order chi connectivity index (χ1) is 29.3. The Hall–Kier alpha value is -6.36. The summed E-state index contributed by atoms with van der Waals surface area (Å²) < 4.78 is 22.0. The zero-order valence-electron chi connectivity index (χ0n) is 34.8. The summed E-state index contributed by atoms with van der Waals surface area (Å²) in [6.07, 6.45) is 5.66. The molecular weight excluding hydrogens is 805 g/mol. The van der Waals surface area contributed by atoms with Gasteiger partial charge in [-0.3, -0.25) is 0 Å². The summed E-state index contributed by atoms with van der Waals surface area (Å²) in [4.78, 5) is 51.2. The van der Waals surface area contributed by atoms with Gasteiger partial charge in [0.1, 0.15) is 17.2 Å². The molecule has 0 aliphatic rings. The van der Waals surface area contributed by atoms with Gasteiger partial charge >= 0.3 is 23.9 Å². The van der Waals surface area contributed by atoms with Crippen LogP contribution in [-0.2, 0) is 30.3 Å². The first-order valence-electron chi connectivity index (χ1n) is 19.4. The van der Waals surface area contributed by atoms with Gasteiger partial charge in [0.2, 0.25) is 0 Å². The van der Waals surface area contributed by atoms with Crippen molar-refractivity contribution in [3.05, 3.63) is 163 Å². The highest BCUT2D eigenvalue weighted by molar-refractivity contribution is 7.99. The van der Waals surface area contributed by atoms with E-state index in [4.69, 9.17) is 18.9 Å². The highest BCUT2D eigenvalue weighted by Crippen LogP contribution is 2.35. The molecule has 5 aromatic carbocycles. The number of esters is 4. The minimum atomic E-state index is -0.597. The molecule has 0 spiro atoms. The average molecular weight is 853 g/mol. The quantitative estimate of drug-likeness (QED) is 0.0262. The fourth-order valence-electron chi connectivity index (χ4n) is 5.91. The Morgan fingerprint density at radius 1 is 0.492 bits per heavy atom. The predicted octanol–water partition coefficient (Wildman–Crippen LogP) is 12.1. The second-order valence-corrected chi connectivity index (χ2v) is 15.9. The van der Waals surface area contributed by atoms with E-state index >= 15 is 0 Å². The Morgan fingerprint density at radius 2 is 0.885 bits per heavy atom. The van der Waals surface area contributed by atoms with E-state index in [9.17, 15) is 19.2 Å². The molecule has 0 heterocycles. The predicted molar refractivity (Wildman–Crippen MR) is 246 cm³/mol. The molecule has 5 rings (SSSR count). The van der Waals surface area contributed by atoms with Gasteiger partial charge < -0.3 is 18.9 Å². The SMILES string of the molecule is C=C(C)C(=O)OCCCc1ccc(-c2ccc(OC(=O)C(=C)CCC(=C)C(=O)Oc3ccc(-c4ccc(-c5ccc(OC(=O)C(=C)C)c(SC)c5)cc4)cc3)c(SC)c2)cc1. The molecular formula is C51H48O8S2. The van der Waals surface area contributed by atoms with Crippen molar-refractivity contribution in [3.8, 4) is 50.6 Å². The van der Waals surface area contributed by atoms with E-state index in [0.29, 0.717) is 41.4 Å². The van der Waals surface area contributed by atoms with Crippen molar-refractivity contribution in [2.24, 2.45) is 0 Å². The Bertz CT molecular complexity index is 2460. The summed E-state index contributed by atoms with van der Waals surface area (Å²) in [6, 6.07) is 34.8. The normalized spacial score (nSPS) is 10.6. The Balaban J connectivity index is 1.09. The van der Waals surface area contributed by atoms with Crippen LogP contribution in [-0.4, -0.2) is 43.0 Å². The van der Waals surface area contributed by atoms with Crippen LogP contribution in [0, 0.1) is 0 Å². The summed E-state index contributed by atoms with van der Waals surface area (Å²) in [5.41, 5.74) is 8.15. The number of carbonyl (C=O) groups is 4. The molecule has 0 atom stereocenters. The molecule has 0 fully saturated rings. The van der Waals surface area contributed by atoms with Crippen LogP contribution in [0.25, 0.3) is 33.4 Å². The lowest BCUT2D eigenvalue weighted by molar-refractivity contribution is -0.139. The maximum Gasteiger partial charge on any atom is 0.338 e. The number of thioether (sulfide) groups is 2. The van der Waals surface area contributed by atoms with Crippen molar-refractivity contribution in [3.63, 3.8) is 0 Å². The summed E-state index contributed by atoms with van der Waals surface area (Å²) in [7, 11) is 0. The fourth-order valence-corrected chi connectivity index (χ4v) is 7.02. The lowest BCUT2D eigenvalue weighted by atomic mass is 10.0. The molecule has 0 amide bonds. The maximum atomic E-state index is 13.0. The molecule has 0 aliphatic carbocycles. The van der Waals surface area contributed by atoms with Crippen LogP contribution in [0.15, 0.2) is 168 Å². The molecule has 61 heavy (non-hydrogen) atoms. The fraction of sp³-hybridized carbons (Fsp3) is 0.176. The lowest BCUT2D eigenvalue weighted by Gasteiger charge is -2.13. The van der Waals surface area contributed by atoms with Crippen molar-refractivity contribution >= 4 is 47.4 Å². The average Bonchev–Trinajstić information content (AvgIpc) is 3.27. The number of benzene rings is 5. The molecule has 0 aromatic heterocycles. The van der Waals surface area contributed by atoms with Gasteiger partial charge in [-0.15, -0.1) is 23.5 Å². The number of ether oxygens (including phenoxy) is 4. The Labute approximate surface area is 366 Å². The molecule has 0 bridgehead atoms. The van der Waals surface area contributed by atoms with E-state index in [1.165, 1.54) is 23.5 Å². The van der Waals surface area contributed by atoms with E-state index in [2.05, 4.69) is 26.3 Å². The van der Waals surface area contributed by atoms with Gasteiger partial charge in [0, 0.05) is 22.3 Å². The van der Waals surface area contributed by atoms with Crippen LogP contribution in [0.2, 0.25) is 0 Å². The topological polar surface area (TPSA) is 105 Å². The van der Waals surface area contributed by atoms with Gasteiger partial charge in [-0.05, 0) is 127 Å². The van der Waals surface area contributed by atoms with Gasteiger partial charge in [0.25, 0.3) is 0 Å². The summed E-state index contributed by atoms with van der Waals surface area (Å²) in [5, 5.41) is 0. The molecule has 8 nitrogen and oxygen atoms in total. The summed E-state index contributed by atoms with van der Waals surface area (Å²) >= 11 is 2.95. The van der Waals surface area contributed by atoms with Crippen LogP contribution in [0.1, 0.15) is 38.7 Å². The first kappa shape index (κ1) is 45.7. The van der Waals surface area contributed by atoms with E-state index in [1.807, 2.05) is 97.4 Å². The number of hydrogen-bond acceptors (Lipinski definition) is 10. The third-order valence-corrected chi connectivity index (χ3v) is 11.0. The largest absolute Gasteiger partial charge is 0.462 e. The van der Waals surface area contributed by atoms with Gasteiger partial charge in [-0.25, -0.2) is 19.2 Å². The smallest absolute Gasteiger partial charge is 0.338 e. The van der Waals surface area contributed by atoms with E-state index in [0.717, 1.165) is 55.2 Å². The Kier molecular flexibility index (Phi) is 16.3. The monoisotopic (exact) mass is 852 g/mol. The molecule has 312 valence electrons. The van der Waals surface area contributed by atoms with Crippen LogP contribution in [0.4, 0.5) is 0 Å². The van der Waals surface area contributed by atoms with Crippen molar-refractivity contribution < 1.29 is 38.1 Å². The molecule has 0 aliphatic heterocycles. The number of hydrogen-bond donors (Lipinski definition) is 0. The summed E-state index contributed by atoms with van der Waals surface area (Å²) in [5.74, 6) is -0.740. The van der Waals surface area contributed by atoms with Crippen molar-refractivity contribution in [2.45, 2.75) is 49.3 Å². The van der Waals surface area contributed by atoms with Crippen LogP contribution >= 0.6 is 23.5 Å². The van der Waals surface area contributed by atoms with Gasteiger partial charge in [-0.1, -0.05) is 99.1 Å². The molecule has 5 aromatic rings. The second kappa shape index (κ2) is 21.8. The third-order valence-electron chi connectivity index (χ3n) is 9.48. The number of rotatable bonds is 19. The van der Waals surface area contributed by atoms with Crippen molar-refractivity contribution in [1.82, 2.24) is 0 Å². The molecule has 0 N–H and O–H groups in total. The zero-order chi connectivity index (χ0) is 44.1. The molecule has 0 saturated heterocycles. The van der Waals surface area contributed by atoms with Crippen LogP contribution in [0.3, 0.4) is 0 Å². The number of carbonyl (C=O) groups excluding carboxylic acids is 4. The first-order valence-corrected chi connectivity index (χ1v) is 21.9. The maximum absolute atomic E-state index is 13.0. The molecule has 0 radical (unpaired) electrons. The van der Waals surface area contributed by atoms with E-state index in [1.54, 1.807) is 38.1 Å². The minimum absolute atomic E-state index is 0.169. The van der Waals surface area contributed by atoms with Gasteiger partial charge in [0.15, 0.2) is 0 Å². The van der Waals surface area contributed by atoms with Gasteiger partial charge in [-0.2, -0.15) is 0 Å². The lowest BCUT2D eigenvalue weighted by Crippen LogP contribution is -2.14. The molecule has 0 unspecified atom stereocenters. The van der Waals surface area contributed by atoms with E-state index in [-0.39, 0.29) is 30.0 Å². The highest BCUT2D eigenvalue weighted by Gasteiger charge is 2.17. The Morgan fingerprint density at radius 3 is 1.34 bits per heavy atom. The van der Waals surface area contributed by atoms with Crippen LogP contribution in [0.5, 0.6) is 17.2 Å². The third kappa shape index (κ3) is 12.8. The zero-order valence-corrected chi connectivity index (χ0v) is 36.5. The number of aryl methyl sites for hydroxylation is 1. The van der Waals surface area contributed by atoms with E-state index < -0.39 is 17.9 Å². The highest BCUT2D eigenvalue weighted by atomic mass is 32.2. The van der Waals surface area contributed by atoms with Crippen molar-refractivity contribution in [1.29, 1.82) is 0 Å². The van der Waals surface area contributed by atoms with Gasteiger partial charge in [0.05, 0.1) is 16.4 Å². The standard InChI is InChI=1S/C51H48O8S2/c1-32(2)48(52)56-29-9-10-36-13-15-39(16-14-36)41-24-28-45(47(30-41)61-8)59-51(55)35(6)12-11-34(5)50(54)57-43-25-21-38(22-26-43)37-17-19-40(20-18-37)42-23-27-44(46(31-42)60-7)58-49(53)33(3)4/h13-28,30-31H,1,3,5-6,9-12,29H2,2,4,7-8H3. The molecule has 10 heteroatoms. The van der Waals surface area contributed by atoms with Crippen molar-refractivity contribution in [2.75, 3.05) is 19.1 Å². The summed E-state index contributed by atoms with van der Waals surface area (Å²) in [6.45, 7) is 18.6. The molecule has 0 saturated carbocycles. The van der Waals surface area contributed by atoms with Crippen LogP contribution < -0.4 is 14.2 Å². The second-order valence-electron chi connectivity index (χ2n) is 14.2. The minimum Gasteiger partial charge on any atom is -0.462 e.